The van der Waals surface area contributed by atoms with Crippen molar-refractivity contribution in [3.63, 3.8) is 0 Å². The van der Waals surface area contributed by atoms with Crippen LogP contribution in [0.15, 0.2) is 41.2 Å². The summed E-state index contributed by atoms with van der Waals surface area (Å²) in [5.74, 6) is -0.409. The van der Waals surface area contributed by atoms with Gasteiger partial charge in [-0.05, 0) is 43.2 Å². The van der Waals surface area contributed by atoms with E-state index in [2.05, 4.69) is 4.98 Å². The molecular formula is C21H18ClFN2O3. The van der Waals surface area contributed by atoms with Gasteiger partial charge in [0.05, 0.1) is 21.5 Å². The van der Waals surface area contributed by atoms with Gasteiger partial charge in [-0.3, -0.25) is 9.36 Å². The first-order valence-corrected chi connectivity index (χ1v) is 9.56. The van der Waals surface area contributed by atoms with Gasteiger partial charge in [0.15, 0.2) is 0 Å². The Morgan fingerprint density at radius 3 is 2.89 bits per heavy atom. The van der Waals surface area contributed by atoms with Crippen LogP contribution < -0.4 is 5.56 Å². The number of benzene rings is 2. The van der Waals surface area contributed by atoms with Crippen molar-refractivity contribution in [3.05, 3.63) is 74.5 Å². The number of fused-ring (bicyclic) bond motifs is 2. The van der Waals surface area contributed by atoms with Gasteiger partial charge in [0.25, 0.3) is 5.56 Å². The molecule has 1 aromatic heterocycles. The van der Waals surface area contributed by atoms with Gasteiger partial charge in [-0.25, -0.2) is 14.2 Å². The van der Waals surface area contributed by atoms with E-state index in [1.165, 1.54) is 24.3 Å². The molecule has 0 fully saturated rings. The van der Waals surface area contributed by atoms with Crippen LogP contribution in [0.1, 0.15) is 41.0 Å². The number of nitrogens with zero attached hydrogens (tertiary/aromatic N) is 2. The molecule has 4 rings (SSSR count). The van der Waals surface area contributed by atoms with E-state index < -0.39 is 11.8 Å². The normalized spacial score (nSPS) is 13.8. The third-order valence-electron chi connectivity index (χ3n) is 4.96. The Labute approximate surface area is 165 Å². The van der Waals surface area contributed by atoms with E-state index in [0.29, 0.717) is 17.4 Å². The summed E-state index contributed by atoms with van der Waals surface area (Å²) in [5, 5.41) is 0.669. The molecule has 28 heavy (non-hydrogen) atoms. The minimum Gasteiger partial charge on any atom is -0.457 e. The Hall–Kier alpha value is -2.73. The maximum atomic E-state index is 13.8. The van der Waals surface area contributed by atoms with Crippen LogP contribution in [0.3, 0.4) is 0 Å². The van der Waals surface area contributed by atoms with E-state index in [1.54, 1.807) is 16.7 Å². The molecule has 0 atom stereocenters. The van der Waals surface area contributed by atoms with Crippen molar-refractivity contribution in [1.82, 2.24) is 9.55 Å². The average molecular weight is 401 g/mol. The van der Waals surface area contributed by atoms with Crippen LogP contribution >= 0.6 is 11.6 Å². The lowest BCUT2D eigenvalue weighted by atomic mass is 10.1. The Balaban J connectivity index is 1.62. The molecule has 0 saturated carbocycles. The highest BCUT2D eigenvalue weighted by atomic mass is 35.5. The van der Waals surface area contributed by atoms with E-state index in [0.717, 1.165) is 31.5 Å². The van der Waals surface area contributed by atoms with E-state index in [4.69, 9.17) is 16.3 Å². The number of esters is 1. The SMILES string of the molecule is O=C(OCc1c(F)cccc1Cl)c1ccc2c(=O)n3c(nc2c1)CCCCC3. The smallest absolute Gasteiger partial charge is 0.338 e. The summed E-state index contributed by atoms with van der Waals surface area (Å²) in [5.41, 5.74) is 0.766. The molecule has 5 nitrogen and oxygen atoms in total. The van der Waals surface area contributed by atoms with Gasteiger partial charge in [-0.1, -0.05) is 24.1 Å². The second-order valence-corrected chi connectivity index (χ2v) is 7.21. The molecular weight excluding hydrogens is 383 g/mol. The molecule has 0 aliphatic carbocycles. The third kappa shape index (κ3) is 3.52. The van der Waals surface area contributed by atoms with Crippen LogP contribution in [-0.2, 0) is 24.3 Å². The molecule has 144 valence electrons. The fourth-order valence-electron chi connectivity index (χ4n) is 3.44. The van der Waals surface area contributed by atoms with Crippen LogP contribution in [0.25, 0.3) is 10.9 Å². The largest absolute Gasteiger partial charge is 0.457 e. The van der Waals surface area contributed by atoms with Gasteiger partial charge in [-0.2, -0.15) is 0 Å². The number of halogens is 2. The zero-order chi connectivity index (χ0) is 19.7. The van der Waals surface area contributed by atoms with Crippen molar-refractivity contribution in [3.8, 4) is 0 Å². The lowest BCUT2D eigenvalue weighted by molar-refractivity contribution is 0.0469. The van der Waals surface area contributed by atoms with Crippen LogP contribution in [0.2, 0.25) is 5.02 Å². The van der Waals surface area contributed by atoms with Crippen molar-refractivity contribution in [2.24, 2.45) is 0 Å². The second-order valence-electron chi connectivity index (χ2n) is 6.80. The number of carbonyl (C=O) groups excluding carboxylic acids is 1. The molecule has 2 heterocycles. The average Bonchev–Trinajstić information content (AvgIpc) is 2.93. The van der Waals surface area contributed by atoms with Crippen LogP contribution in [0, 0.1) is 5.82 Å². The summed E-state index contributed by atoms with van der Waals surface area (Å²) < 4.78 is 20.8. The molecule has 0 amide bonds. The highest BCUT2D eigenvalue weighted by Crippen LogP contribution is 2.21. The summed E-state index contributed by atoms with van der Waals surface area (Å²) in [7, 11) is 0. The summed E-state index contributed by atoms with van der Waals surface area (Å²) >= 11 is 5.96. The highest BCUT2D eigenvalue weighted by Gasteiger charge is 2.17. The third-order valence-corrected chi connectivity index (χ3v) is 5.32. The number of ether oxygens (including phenoxy) is 1. The lowest BCUT2D eigenvalue weighted by Crippen LogP contribution is -2.24. The number of rotatable bonds is 3. The molecule has 0 bridgehead atoms. The Morgan fingerprint density at radius 2 is 2.07 bits per heavy atom. The number of carbonyl (C=O) groups is 1. The summed E-state index contributed by atoms with van der Waals surface area (Å²) in [6.07, 6.45) is 3.76. The lowest BCUT2D eigenvalue weighted by Gasteiger charge is -2.11. The molecule has 7 heteroatoms. The Kier molecular flexibility index (Phi) is 5.13. The fraction of sp³-hybridized carbons (Fsp3) is 0.286. The van der Waals surface area contributed by atoms with Gasteiger partial charge in [-0.15, -0.1) is 0 Å². The topological polar surface area (TPSA) is 61.2 Å². The van der Waals surface area contributed by atoms with Crippen LogP contribution in [0.5, 0.6) is 0 Å². The van der Waals surface area contributed by atoms with Crippen LogP contribution in [0.4, 0.5) is 4.39 Å². The first kappa shape index (κ1) is 18.6. The molecule has 1 aliphatic rings. The van der Waals surface area contributed by atoms with Crippen molar-refractivity contribution in [2.45, 2.75) is 38.8 Å². The quantitative estimate of drug-likeness (QED) is 0.616. The van der Waals surface area contributed by atoms with Gasteiger partial charge in [0, 0.05) is 18.5 Å². The Bertz CT molecular complexity index is 1110. The zero-order valence-corrected chi connectivity index (χ0v) is 15.8. The number of hydrogen-bond acceptors (Lipinski definition) is 4. The summed E-state index contributed by atoms with van der Waals surface area (Å²) in [6.45, 7) is 0.396. The van der Waals surface area contributed by atoms with Gasteiger partial charge < -0.3 is 4.74 Å². The van der Waals surface area contributed by atoms with E-state index in [1.807, 2.05) is 0 Å². The number of hydrogen-bond donors (Lipinski definition) is 0. The fourth-order valence-corrected chi connectivity index (χ4v) is 3.65. The van der Waals surface area contributed by atoms with Gasteiger partial charge in [0.2, 0.25) is 0 Å². The molecule has 0 saturated heterocycles. The maximum Gasteiger partial charge on any atom is 0.338 e. The standard InChI is InChI=1S/C21H18ClFN2O3/c22-16-5-4-6-17(23)15(16)12-28-21(27)13-8-9-14-18(11-13)24-19-7-2-1-3-10-25(19)20(14)26/h4-6,8-9,11H,1-3,7,10,12H2. The van der Waals surface area contributed by atoms with Crippen molar-refractivity contribution >= 4 is 28.5 Å². The highest BCUT2D eigenvalue weighted by molar-refractivity contribution is 6.31. The first-order valence-electron chi connectivity index (χ1n) is 9.18. The second kappa shape index (κ2) is 7.72. The molecule has 0 spiro atoms. The van der Waals surface area contributed by atoms with E-state index in [9.17, 15) is 14.0 Å². The molecule has 0 unspecified atom stereocenters. The van der Waals surface area contributed by atoms with Crippen molar-refractivity contribution in [1.29, 1.82) is 0 Å². The molecule has 0 N–H and O–H groups in total. The monoisotopic (exact) mass is 400 g/mol. The van der Waals surface area contributed by atoms with Crippen molar-refractivity contribution < 1.29 is 13.9 Å². The van der Waals surface area contributed by atoms with E-state index in [-0.39, 0.29) is 28.3 Å². The Morgan fingerprint density at radius 1 is 1.21 bits per heavy atom. The zero-order valence-electron chi connectivity index (χ0n) is 15.1. The minimum atomic E-state index is -0.627. The molecule has 2 aromatic carbocycles. The van der Waals surface area contributed by atoms with E-state index >= 15 is 0 Å². The summed E-state index contributed by atoms with van der Waals surface area (Å²) in [4.78, 5) is 29.8. The molecule has 0 radical (unpaired) electrons. The van der Waals surface area contributed by atoms with Gasteiger partial charge in [0.1, 0.15) is 18.2 Å². The predicted octanol–water partition coefficient (Wildman–Crippen LogP) is 4.27. The summed E-state index contributed by atoms with van der Waals surface area (Å²) in [6, 6.07) is 8.95. The molecule has 1 aliphatic heterocycles. The predicted molar refractivity (Wildman–Crippen MR) is 104 cm³/mol. The number of aromatic nitrogens is 2. The minimum absolute atomic E-state index is 0.0834. The first-order chi connectivity index (χ1) is 13.5. The number of aryl methyl sites for hydroxylation is 1. The van der Waals surface area contributed by atoms with Crippen molar-refractivity contribution in [2.75, 3.05) is 0 Å². The maximum absolute atomic E-state index is 13.8. The molecule has 3 aromatic rings. The van der Waals surface area contributed by atoms with Crippen LogP contribution in [-0.4, -0.2) is 15.5 Å². The van der Waals surface area contributed by atoms with Gasteiger partial charge >= 0.3 is 5.97 Å².